The largest absolute Gasteiger partial charge is 0.397 e. The highest BCUT2D eigenvalue weighted by Crippen LogP contribution is 2.35. The van der Waals surface area contributed by atoms with Gasteiger partial charge in [0.1, 0.15) is 9.71 Å². The number of nitrogens with zero attached hydrogens (tertiary/aromatic N) is 2. The number of nitrogens with one attached hydrogen (secondary N) is 1. The van der Waals surface area contributed by atoms with Crippen LogP contribution in [0.1, 0.15) is 28.7 Å². The molecule has 2 heterocycles. The van der Waals surface area contributed by atoms with E-state index in [0.717, 1.165) is 22.3 Å². The second kappa shape index (κ2) is 6.23. The third-order valence-corrected chi connectivity index (χ3v) is 4.31. The molecule has 7 heteroatoms. The van der Waals surface area contributed by atoms with Crippen LogP contribution in [0.2, 0.25) is 0 Å². The molecule has 0 atom stereocenters. The van der Waals surface area contributed by atoms with Gasteiger partial charge in [-0.25, -0.2) is 0 Å². The van der Waals surface area contributed by atoms with Crippen LogP contribution in [-0.4, -0.2) is 35.4 Å². The van der Waals surface area contributed by atoms with Crippen LogP contribution in [0.5, 0.6) is 0 Å². The summed E-state index contributed by atoms with van der Waals surface area (Å²) in [6, 6.07) is 0. The molecule has 3 N–H and O–H groups in total. The lowest BCUT2D eigenvalue weighted by atomic mass is 10.2. The molecule has 0 radical (unpaired) electrons. The van der Waals surface area contributed by atoms with E-state index < -0.39 is 0 Å². The average molecular weight is 296 g/mol. The Morgan fingerprint density at radius 1 is 1.55 bits per heavy atom. The Morgan fingerprint density at radius 2 is 2.30 bits per heavy atom. The van der Waals surface area contributed by atoms with Crippen LogP contribution in [0.3, 0.4) is 0 Å². The number of hydrogen-bond donors (Lipinski definition) is 2. The van der Waals surface area contributed by atoms with Gasteiger partial charge >= 0.3 is 0 Å². The summed E-state index contributed by atoms with van der Waals surface area (Å²) in [6.45, 7) is 5.79. The van der Waals surface area contributed by atoms with Crippen LogP contribution in [-0.2, 0) is 11.8 Å². The number of aromatic nitrogens is 2. The summed E-state index contributed by atoms with van der Waals surface area (Å²) in [5.74, 6) is -0.125. The highest BCUT2D eigenvalue weighted by Gasteiger charge is 2.20. The first-order valence-electron chi connectivity index (χ1n) is 6.63. The van der Waals surface area contributed by atoms with E-state index in [4.69, 9.17) is 10.5 Å². The molecule has 0 aromatic carbocycles. The van der Waals surface area contributed by atoms with Crippen molar-refractivity contribution in [2.75, 3.05) is 25.5 Å². The molecular weight excluding hydrogens is 276 g/mol. The second-order valence-corrected chi connectivity index (χ2v) is 5.54. The molecule has 0 aliphatic carbocycles. The number of anilines is 1. The number of carbonyl (C=O) groups excluding carboxylic acids is 1. The Labute approximate surface area is 121 Å². The molecule has 0 spiro atoms. The van der Waals surface area contributed by atoms with Crippen molar-refractivity contribution in [3.63, 3.8) is 0 Å². The lowest BCUT2D eigenvalue weighted by Gasteiger charge is -2.04. The van der Waals surface area contributed by atoms with Gasteiger partial charge < -0.3 is 15.8 Å². The van der Waals surface area contributed by atoms with Crippen LogP contribution in [0.15, 0.2) is 0 Å². The van der Waals surface area contributed by atoms with Gasteiger partial charge in [-0.15, -0.1) is 11.3 Å². The average Bonchev–Trinajstić information content (AvgIpc) is 2.89. The predicted octanol–water partition coefficient (Wildman–Crippen LogP) is 1.68. The van der Waals surface area contributed by atoms with E-state index in [1.54, 1.807) is 4.68 Å². The van der Waals surface area contributed by atoms with E-state index in [1.807, 2.05) is 20.9 Å². The molecule has 20 heavy (non-hydrogen) atoms. The van der Waals surface area contributed by atoms with E-state index in [9.17, 15) is 4.79 Å². The minimum atomic E-state index is -0.125. The van der Waals surface area contributed by atoms with Gasteiger partial charge in [0.15, 0.2) is 0 Å². The van der Waals surface area contributed by atoms with Gasteiger partial charge in [-0.05, 0) is 20.3 Å². The third kappa shape index (κ3) is 2.78. The molecule has 0 fully saturated rings. The Bertz CT molecular complexity index is 617. The van der Waals surface area contributed by atoms with Crippen molar-refractivity contribution in [2.24, 2.45) is 7.05 Å². The zero-order valence-electron chi connectivity index (χ0n) is 12.0. The zero-order chi connectivity index (χ0) is 14.7. The molecule has 110 valence electrons. The van der Waals surface area contributed by atoms with Crippen LogP contribution in [0.25, 0.3) is 10.2 Å². The van der Waals surface area contributed by atoms with Crippen molar-refractivity contribution >= 4 is 33.1 Å². The first-order valence-corrected chi connectivity index (χ1v) is 7.45. The minimum absolute atomic E-state index is 0.125. The summed E-state index contributed by atoms with van der Waals surface area (Å²) >= 11 is 1.38. The first kappa shape index (κ1) is 14.8. The van der Waals surface area contributed by atoms with Crippen LogP contribution < -0.4 is 11.1 Å². The van der Waals surface area contributed by atoms with Crippen molar-refractivity contribution in [3.05, 3.63) is 10.6 Å². The van der Waals surface area contributed by atoms with Crippen molar-refractivity contribution < 1.29 is 9.53 Å². The highest BCUT2D eigenvalue weighted by atomic mass is 32.1. The number of nitrogens with two attached hydrogens (primary N) is 1. The Morgan fingerprint density at radius 3 is 2.95 bits per heavy atom. The fourth-order valence-corrected chi connectivity index (χ4v) is 3.20. The first-order chi connectivity index (χ1) is 9.56. The number of thiophene rings is 1. The fraction of sp³-hybridized carbons (Fsp3) is 0.538. The number of fused-ring (bicyclic) bond motifs is 1. The molecule has 1 amide bonds. The summed E-state index contributed by atoms with van der Waals surface area (Å²) < 4.78 is 6.99. The maximum Gasteiger partial charge on any atom is 0.263 e. The van der Waals surface area contributed by atoms with Gasteiger partial charge in [0.05, 0.1) is 16.8 Å². The molecule has 0 aliphatic rings. The number of aryl methyl sites for hydroxylation is 2. The molecule has 2 rings (SSSR count). The van der Waals surface area contributed by atoms with Crippen molar-refractivity contribution in [2.45, 2.75) is 20.3 Å². The van der Waals surface area contributed by atoms with Gasteiger partial charge in [-0.2, -0.15) is 5.10 Å². The quantitative estimate of drug-likeness (QED) is 0.795. The van der Waals surface area contributed by atoms with Crippen LogP contribution in [0.4, 0.5) is 5.69 Å². The molecule has 0 saturated heterocycles. The normalized spacial score (nSPS) is 11.2. The molecule has 2 aromatic heterocycles. The maximum absolute atomic E-state index is 12.1. The topological polar surface area (TPSA) is 82.2 Å². The van der Waals surface area contributed by atoms with E-state index in [0.29, 0.717) is 30.3 Å². The molecule has 0 bridgehead atoms. The summed E-state index contributed by atoms with van der Waals surface area (Å²) in [6.07, 6.45) is 0.797. The van der Waals surface area contributed by atoms with E-state index >= 15 is 0 Å². The molecule has 0 unspecified atom stereocenters. The van der Waals surface area contributed by atoms with Crippen LogP contribution in [0, 0.1) is 6.92 Å². The van der Waals surface area contributed by atoms with Crippen LogP contribution >= 0.6 is 11.3 Å². The predicted molar refractivity (Wildman–Crippen MR) is 81.2 cm³/mol. The molecule has 6 nitrogen and oxygen atoms in total. The fourth-order valence-electron chi connectivity index (χ4n) is 2.10. The highest BCUT2D eigenvalue weighted by molar-refractivity contribution is 7.21. The van der Waals surface area contributed by atoms with E-state index in [1.165, 1.54) is 11.3 Å². The van der Waals surface area contributed by atoms with Crippen molar-refractivity contribution in [1.29, 1.82) is 0 Å². The van der Waals surface area contributed by atoms with Gasteiger partial charge in [-0.3, -0.25) is 9.48 Å². The Hall–Kier alpha value is -1.60. The number of nitrogen functional groups attached to an aromatic ring is 1. The van der Waals surface area contributed by atoms with Gasteiger partial charge in [-0.1, -0.05) is 0 Å². The monoisotopic (exact) mass is 296 g/mol. The molecule has 0 saturated carbocycles. The maximum atomic E-state index is 12.1. The van der Waals surface area contributed by atoms with Gasteiger partial charge in [0, 0.05) is 26.8 Å². The van der Waals surface area contributed by atoms with E-state index in [-0.39, 0.29) is 5.91 Å². The molecule has 2 aromatic rings. The van der Waals surface area contributed by atoms with E-state index in [2.05, 4.69) is 10.4 Å². The lowest BCUT2D eigenvalue weighted by Crippen LogP contribution is -2.25. The number of rotatable bonds is 6. The standard InChI is InChI=1S/C13H20N4O2S/c1-4-19-7-5-6-15-12(18)11-10(14)9-8(2)16-17(3)13(9)20-11/h4-7,14H2,1-3H3,(H,15,18). The SMILES string of the molecule is CCOCCCNC(=O)c1sc2c(c(C)nn2C)c1N. The lowest BCUT2D eigenvalue weighted by molar-refractivity contribution is 0.0949. The second-order valence-electron chi connectivity index (χ2n) is 4.54. The smallest absolute Gasteiger partial charge is 0.263 e. The molecule has 0 aliphatic heterocycles. The van der Waals surface area contributed by atoms with Crippen molar-refractivity contribution in [1.82, 2.24) is 15.1 Å². The number of amides is 1. The number of carbonyl (C=O) groups is 1. The minimum Gasteiger partial charge on any atom is -0.397 e. The zero-order valence-corrected chi connectivity index (χ0v) is 12.8. The van der Waals surface area contributed by atoms with Gasteiger partial charge in [0.2, 0.25) is 0 Å². The number of hydrogen-bond acceptors (Lipinski definition) is 5. The van der Waals surface area contributed by atoms with Crippen molar-refractivity contribution in [3.8, 4) is 0 Å². The molecular formula is C13H20N4O2S. The third-order valence-electron chi connectivity index (χ3n) is 3.04. The Balaban J connectivity index is 2.07. The summed E-state index contributed by atoms with van der Waals surface area (Å²) in [7, 11) is 1.86. The summed E-state index contributed by atoms with van der Waals surface area (Å²) in [5, 5.41) is 8.06. The summed E-state index contributed by atoms with van der Waals surface area (Å²) in [4.78, 5) is 13.6. The Kier molecular flexibility index (Phi) is 4.61. The summed E-state index contributed by atoms with van der Waals surface area (Å²) in [5.41, 5.74) is 7.46. The number of ether oxygens (including phenoxy) is 1. The van der Waals surface area contributed by atoms with Gasteiger partial charge in [0.25, 0.3) is 5.91 Å².